The second-order valence-corrected chi connectivity index (χ2v) is 8.58. The molecule has 1 aliphatic rings. The molecule has 1 fully saturated rings. The molecule has 6 nitrogen and oxygen atoms in total. The largest absolute Gasteiger partial charge is 0.439 e. The average Bonchev–Trinajstić information content (AvgIpc) is 3.13. The third-order valence-corrected chi connectivity index (χ3v) is 5.83. The molecule has 2 aromatic carbocycles. The lowest BCUT2D eigenvalue weighted by atomic mass is 10.1. The van der Waals surface area contributed by atoms with Crippen LogP contribution in [0.4, 0.5) is 11.8 Å². The summed E-state index contributed by atoms with van der Waals surface area (Å²) in [4.78, 5) is 11.6. The number of aromatic nitrogens is 2. The highest BCUT2D eigenvalue weighted by atomic mass is 32.1. The smallest absolute Gasteiger partial charge is 0.234 e. The number of nitrogens with zero attached hydrogens (tertiary/aromatic N) is 3. The zero-order valence-corrected chi connectivity index (χ0v) is 19.7. The third-order valence-electron chi connectivity index (χ3n) is 5.58. The Kier molecular flexibility index (Phi) is 8.47. The summed E-state index contributed by atoms with van der Waals surface area (Å²) in [5, 5.41) is 6.93. The summed E-state index contributed by atoms with van der Waals surface area (Å²) in [6.45, 7) is 2.76. The fraction of sp³-hybridized carbons (Fsp3) is 0.346. The molecule has 1 aliphatic heterocycles. The van der Waals surface area contributed by atoms with Gasteiger partial charge in [0.2, 0.25) is 11.8 Å². The molecule has 0 amide bonds. The molecule has 172 valence electrons. The van der Waals surface area contributed by atoms with Crippen molar-refractivity contribution in [3.05, 3.63) is 72.3 Å². The van der Waals surface area contributed by atoms with Gasteiger partial charge in [-0.3, -0.25) is 0 Å². The van der Waals surface area contributed by atoms with E-state index >= 15 is 0 Å². The molecule has 0 bridgehead atoms. The van der Waals surface area contributed by atoms with E-state index in [0.717, 1.165) is 44.0 Å². The van der Waals surface area contributed by atoms with E-state index in [2.05, 4.69) is 44.8 Å². The summed E-state index contributed by atoms with van der Waals surface area (Å²) in [7, 11) is 0. The minimum absolute atomic E-state index is 0.447. The van der Waals surface area contributed by atoms with Gasteiger partial charge in [0.25, 0.3) is 0 Å². The standard InChI is InChI=1S/C26H31N5OS/c33-26(27-17-11-14-21-12-5-3-6-13-21)30-25-28-23(31-18-9-1-2-10-19-31)20-24(29-25)32-22-15-7-4-8-16-22/h3-8,12-13,15-16,20H,1-2,9-11,14,17-19H2,(H2,27,28,29,30,33). The number of ether oxygens (including phenoxy) is 1. The summed E-state index contributed by atoms with van der Waals surface area (Å²) in [6.07, 6.45) is 6.86. The van der Waals surface area contributed by atoms with Crippen molar-refractivity contribution in [2.24, 2.45) is 0 Å². The topological polar surface area (TPSA) is 62.3 Å². The van der Waals surface area contributed by atoms with E-state index in [1.54, 1.807) is 0 Å². The summed E-state index contributed by atoms with van der Waals surface area (Å²) in [5.41, 5.74) is 1.33. The predicted molar refractivity (Wildman–Crippen MR) is 138 cm³/mol. The summed E-state index contributed by atoms with van der Waals surface area (Å²) in [5.74, 6) is 2.56. The van der Waals surface area contributed by atoms with Gasteiger partial charge in [0.1, 0.15) is 11.6 Å². The molecule has 2 N–H and O–H groups in total. The minimum Gasteiger partial charge on any atom is -0.439 e. The molecule has 4 rings (SSSR count). The molecule has 1 saturated heterocycles. The highest BCUT2D eigenvalue weighted by molar-refractivity contribution is 7.80. The van der Waals surface area contributed by atoms with Crippen LogP contribution in [-0.4, -0.2) is 34.7 Å². The van der Waals surface area contributed by atoms with Gasteiger partial charge >= 0.3 is 0 Å². The number of aryl methyl sites for hydroxylation is 1. The van der Waals surface area contributed by atoms with Crippen LogP contribution in [0.1, 0.15) is 37.7 Å². The van der Waals surface area contributed by atoms with Crippen LogP contribution in [0, 0.1) is 0 Å². The molecular formula is C26H31N5OS. The minimum atomic E-state index is 0.447. The zero-order valence-electron chi connectivity index (χ0n) is 18.9. The van der Waals surface area contributed by atoms with E-state index in [1.165, 1.54) is 31.2 Å². The SMILES string of the molecule is S=C(NCCCc1ccccc1)Nc1nc(Oc2ccccc2)cc(N2CCCCCC2)n1. The lowest BCUT2D eigenvalue weighted by Gasteiger charge is -2.22. The Morgan fingerprint density at radius 2 is 1.61 bits per heavy atom. The quantitative estimate of drug-likeness (QED) is 0.336. The highest BCUT2D eigenvalue weighted by Crippen LogP contribution is 2.26. The Labute approximate surface area is 201 Å². The second-order valence-electron chi connectivity index (χ2n) is 8.17. The Balaban J connectivity index is 1.40. The Morgan fingerprint density at radius 3 is 2.33 bits per heavy atom. The van der Waals surface area contributed by atoms with Crippen LogP contribution in [-0.2, 0) is 6.42 Å². The number of nitrogens with one attached hydrogen (secondary N) is 2. The molecule has 0 aliphatic carbocycles. The van der Waals surface area contributed by atoms with E-state index in [0.29, 0.717) is 16.9 Å². The van der Waals surface area contributed by atoms with Crippen LogP contribution < -0.4 is 20.3 Å². The van der Waals surface area contributed by atoms with Crippen molar-refractivity contribution in [1.29, 1.82) is 0 Å². The van der Waals surface area contributed by atoms with Gasteiger partial charge in [-0.2, -0.15) is 9.97 Å². The maximum atomic E-state index is 6.03. The van der Waals surface area contributed by atoms with Gasteiger partial charge in [0, 0.05) is 25.7 Å². The Hall–Kier alpha value is -3.19. The van der Waals surface area contributed by atoms with Crippen LogP contribution in [0.3, 0.4) is 0 Å². The second kappa shape index (κ2) is 12.2. The van der Waals surface area contributed by atoms with Gasteiger partial charge in [-0.1, -0.05) is 61.4 Å². The molecule has 3 aromatic rings. The van der Waals surface area contributed by atoms with Gasteiger partial charge in [0.05, 0.1) is 0 Å². The Morgan fingerprint density at radius 1 is 0.909 bits per heavy atom. The first-order valence-corrected chi connectivity index (χ1v) is 12.1. The van der Waals surface area contributed by atoms with Gasteiger partial charge in [0.15, 0.2) is 5.11 Å². The molecule has 0 radical (unpaired) electrons. The number of hydrogen-bond donors (Lipinski definition) is 2. The number of thiocarbonyl (C=S) groups is 1. The van der Waals surface area contributed by atoms with Crippen molar-refractivity contribution in [1.82, 2.24) is 15.3 Å². The van der Waals surface area contributed by atoms with Crippen molar-refractivity contribution < 1.29 is 4.74 Å². The first-order valence-electron chi connectivity index (χ1n) is 11.7. The normalized spacial score (nSPS) is 13.8. The molecule has 1 aromatic heterocycles. The number of hydrogen-bond acceptors (Lipinski definition) is 5. The maximum Gasteiger partial charge on any atom is 0.234 e. The van der Waals surface area contributed by atoms with Gasteiger partial charge in [-0.05, 0) is 55.6 Å². The van der Waals surface area contributed by atoms with Crippen molar-refractivity contribution in [3.63, 3.8) is 0 Å². The lowest BCUT2D eigenvalue weighted by Crippen LogP contribution is -2.31. The fourth-order valence-corrected chi connectivity index (χ4v) is 4.07. The molecule has 0 spiro atoms. The number of rotatable bonds is 8. The summed E-state index contributed by atoms with van der Waals surface area (Å²) < 4.78 is 6.03. The van der Waals surface area contributed by atoms with Crippen molar-refractivity contribution in [3.8, 4) is 11.6 Å². The van der Waals surface area contributed by atoms with Crippen LogP contribution in [0.25, 0.3) is 0 Å². The third kappa shape index (κ3) is 7.43. The van der Waals surface area contributed by atoms with Crippen LogP contribution in [0.5, 0.6) is 11.6 Å². The lowest BCUT2D eigenvalue weighted by molar-refractivity contribution is 0.462. The van der Waals surface area contributed by atoms with Gasteiger partial charge < -0.3 is 20.3 Å². The van der Waals surface area contributed by atoms with Crippen LogP contribution in [0.15, 0.2) is 66.7 Å². The molecule has 0 atom stereocenters. The first-order chi connectivity index (χ1) is 16.3. The maximum absolute atomic E-state index is 6.03. The van der Waals surface area contributed by atoms with E-state index < -0.39 is 0 Å². The van der Waals surface area contributed by atoms with Crippen LogP contribution >= 0.6 is 12.2 Å². The van der Waals surface area contributed by atoms with E-state index in [-0.39, 0.29) is 0 Å². The molecular weight excluding hydrogens is 430 g/mol. The summed E-state index contributed by atoms with van der Waals surface area (Å²) >= 11 is 5.50. The molecule has 2 heterocycles. The number of para-hydroxylation sites is 1. The van der Waals surface area contributed by atoms with Crippen molar-refractivity contribution in [2.45, 2.75) is 38.5 Å². The molecule has 7 heteroatoms. The molecule has 33 heavy (non-hydrogen) atoms. The van der Waals surface area contributed by atoms with E-state index in [4.69, 9.17) is 21.9 Å². The molecule has 0 unspecified atom stereocenters. The van der Waals surface area contributed by atoms with Crippen LogP contribution in [0.2, 0.25) is 0 Å². The van der Waals surface area contributed by atoms with E-state index in [1.807, 2.05) is 42.5 Å². The number of anilines is 2. The summed E-state index contributed by atoms with van der Waals surface area (Å²) in [6, 6.07) is 22.1. The monoisotopic (exact) mass is 461 g/mol. The zero-order chi connectivity index (χ0) is 22.7. The first kappa shape index (κ1) is 23.0. The van der Waals surface area contributed by atoms with E-state index in [9.17, 15) is 0 Å². The van der Waals surface area contributed by atoms with Crippen molar-refractivity contribution in [2.75, 3.05) is 29.9 Å². The predicted octanol–water partition coefficient (Wildman–Crippen LogP) is 5.57. The fourth-order valence-electron chi connectivity index (χ4n) is 3.88. The Bertz CT molecular complexity index is 1010. The van der Waals surface area contributed by atoms with Gasteiger partial charge in [-0.25, -0.2) is 0 Å². The molecule has 0 saturated carbocycles. The highest BCUT2D eigenvalue weighted by Gasteiger charge is 2.15. The van der Waals surface area contributed by atoms with Crippen molar-refractivity contribution >= 4 is 29.1 Å². The van der Waals surface area contributed by atoms with Gasteiger partial charge in [-0.15, -0.1) is 0 Å². The average molecular weight is 462 g/mol. The number of benzene rings is 2.